The first-order chi connectivity index (χ1) is 8.98. The van der Waals surface area contributed by atoms with E-state index in [1.807, 2.05) is 19.1 Å². The van der Waals surface area contributed by atoms with Gasteiger partial charge in [-0.05, 0) is 38.3 Å². The SMILES string of the molecule is CC1(O)CCCN(C(=O)Nc2ccccc2Cl)CC1. The molecule has 1 saturated heterocycles. The second kappa shape index (κ2) is 5.80. The lowest BCUT2D eigenvalue weighted by atomic mass is 9.98. The fourth-order valence-corrected chi connectivity index (χ4v) is 2.41. The number of aliphatic hydroxyl groups is 1. The van der Waals surface area contributed by atoms with Gasteiger partial charge in [-0.25, -0.2) is 4.79 Å². The number of nitrogens with zero attached hydrogens (tertiary/aromatic N) is 1. The Labute approximate surface area is 118 Å². The first-order valence-corrected chi connectivity index (χ1v) is 6.89. The fraction of sp³-hybridized carbons (Fsp3) is 0.500. The van der Waals surface area contributed by atoms with E-state index in [1.54, 1.807) is 17.0 Å². The molecule has 4 nitrogen and oxygen atoms in total. The number of hydrogen-bond donors (Lipinski definition) is 2. The molecule has 1 atom stereocenters. The van der Waals surface area contributed by atoms with Crippen molar-refractivity contribution in [3.8, 4) is 0 Å². The average molecular weight is 283 g/mol. The molecule has 2 rings (SSSR count). The van der Waals surface area contributed by atoms with Gasteiger partial charge in [0.15, 0.2) is 0 Å². The van der Waals surface area contributed by atoms with Crippen LogP contribution < -0.4 is 5.32 Å². The van der Waals surface area contributed by atoms with E-state index in [0.717, 1.165) is 12.8 Å². The molecule has 2 N–H and O–H groups in total. The van der Waals surface area contributed by atoms with Crippen LogP contribution in [-0.4, -0.2) is 34.7 Å². The van der Waals surface area contributed by atoms with Gasteiger partial charge < -0.3 is 15.3 Å². The molecule has 1 fully saturated rings. The monoisotopic (exact) mass is 282 g/mol. The Morgan fingerprint density at radius 2 is 2.11 bits per heavy atom. The largest absolute Gasteiger partial charge is 0.390 e. The van der Waals surface area contributed by atoms with Gasteiger partial charge >= 0.3 is 6.03 Å². The van der Waals surface area contributed by atoms with Crippen LogP contribution in [-0.2, 0) is 0 Å². The summed E-state index contributed by atoms with van der Waals surface area (Å²) in [6, 6.07) is 7.00. The summed E-state index contributed by atoms with van der Waals surface area (Å²) >= 11 is 6.01. The summed E-state index contributed by atoms with van der Waals surface area (Å²) in [5.41, 5.74) is -0.0513. The van der Waals surface area contributed by atoms with Crippen molar-refractivity contribution in [1.82, 2.24) is 4.90 Å². The van der Waals surface area contributed by atoms with Crippen molar-refractivity contribution in [2.24, 2.45) is 0 Å². The molecule has 19 heavy (non-hydrogen) atoms. The molecule has 0 saturated carbocycles. The molecule has 0 bridgehead atoms. The van der Waals surface area contributed by atoms with Crippen LogP contribution in [0.4, 0.5) is 10.5 Å². The average Bonchev–Trinajstić information content (AvgIpc) is 2.53. The van der Waals surface area contributed by atoms with Gasteiger partial charge in [-0.1, -0.05) is 23.7 Å². The van der Waals surface area contributed by atoms with Gasteiger partial charge in [0, 0.05) is 13.1 Å². The molecule has 2 amide bonds. The number of rotatable bonds is 1. The summed E-state index contributed by atoms with van der Waals surface area (Å²) in [5.74, 6) is 0. The van der Waals surface area contributed by atoms with E-state index in [9.17, 15) is 9.90 Å². The minimum absolute atomic E-state index is 0.161. The Balaban J connectivity index is 1.99. The predicted molar refractivity (Wildman–Crippen MR) is 76.5 cm³/mol. The van der Waals surface area contributed by atoms with Crippen LogP contribution in [0.2, 0.25) is 5.02 Å². The van der Waals surface area contributed by atoms with Crippen molar-refractivity contribution in [2.75, 3.05) is 18.4 Å². The highest BCUT2D eigenvalue weighted by molar-refractivity contribution is 6.33. The Hall–Kier alpha value is -1.26. The summed E-state index contributed by atoms with van der Waals surface area (Å²) in [7, 11) is 0. The van der Waals surface area contributed by atoms with Gasteiger partial charge in [-0.3, -0.25) is 0 Å². The Morgan fingerprint density at radius 1 is 1.37 bits per heavy atom. The Kier molecular flexibility index (Phi) is 4.32. The minimum Gasteiger partial charge on any atom is -0.390 e. The number of para-hydroxylation sites is 1. The van der Waals surface area contributed by atoms with E-state index < -0.39 is 5.60 Å². The molecule has 1 aliphatic heterocycles. The molecule has 1 aromatic rings. The van der Waals surface area contributed by atoms with Gasteiger partial charge in [0.05, 0.1) is 16.3 Å². The van der Waals surface area contributed by atoms with E-state index in [0.29, 0.717) is 30.2 Å². The quantitative estimate of drug-likeness (QED) is 0.831. The van der Waals surface area contributed by atoms with Gasteiger partial charge in [-0.15, -0.1) is 0 Å². The molecular formula is C14H19ClN2O2. The third-order valence-electron chi connectivity index (χ3n) is 3.47. The first-order valence-electron chi connectivity index (χ1n) is 6.51. The maximum atomic E-state index is 12.2. The van der Waals surface area contributed by atoms with Crippen LogP contribution in [0.15, 0.2) is 24.3 Å². The van der Waals surface area contributed by atoms with Gasteiger partial charge in [0.1, 0.15) is 0 Å². The highest BCUT2D eigenvalue weighted by atomic mass is 35.5. The minimum atomic E-state index is -0.667. The molecule has 5 heteroatoms. The maximum Gasteiger partial charge on any atom is 0.321 e. The number of nitrogens with one attached hydrogen (secondary N) is 1. The lowest BCUT2D eigenvalue weighted by molar-refractivity contribution is 0.0458. The van der Waals surface area contributed by atoms with Crippen molar-refractivity contribution in [3.05, 3.63) is 29.3 Å². The molecule has 104 valence electrons. The zero-order chi connectivity index (χ0) is 13.9. The van der Waals surface area contributed by atoms with E-state index in [-0.39, 0.29) is 6.03 Å². The third kappa shape index (κ3) is 3.85. The second-order valence-electron chi connectivity index (χ2n) is 5.25. The van der Waals surface area contributed by atoms with Gasteiger partial charge in [-0.2, -0.15) is 0 Å². The first kappa shape index (κ1) is 14.2. The molecule has 1 aliphatic rings. The van der Waals surface area contributed by atoms with Crippen molar-refractivity contribution in [2.45, 2.75) is 31.8 Å². The molecule has 1 unspecified atom stereocenters. The summed E-state index contributed by atoms with van der Waals surface area (Å²) in [4.78, 5) is 13.9. The van der Waals surface area contributed by atoms with Gasteiger partial charge in [0.25, 0.3) is 0 Å². The number of urea groups is 1. The van der Waals surface area contributed by atoms with Crippen LogP contribution in [0.1, 0.15) is 26.2 Å². The highest BCUT2D eigenvalue weighted by Crippen LogP contribution is 2.24. The number of hydrogen-bond acceptors (Lipinski definition) is 2. The fourth-order valence-electron chi connectivity index (χ4n) is 2.22. The topological polar surface area (TPSA) is 52.6 Å². The lowest BCUT2D eigenvalue weighted by Gasteiger charge is -2.23. The van der Waals surface area contributed by atoms with E-state index >= 15 is 0 Å². The number of halogens is 1. The summed E-state index contributed by atoms with van der Waals surface area (Å²) in [6.07, 6.45) is 2.13. The molecule has 0 spiro atoms. The maximum absolute atomic E-state index is 12.2. The van der Waals surface area contributed by atoms with E-state index in [4.69, 9.17) is 11.6 Å². The number of benzene rings is 1. The van der Waals surface area contributed by atoms with Crippen LogP contribution >= 0.6 is 11.6 Å². The van der Waals surface area contributed by atoms with Crippen LogP contribution in [0, 0.1) is 0 Å². The Bertz CT molecular complexity index is 463. The third-order valence-corrected chi connectivity index (χ3v) is 3.80. The van der Waals surface area contributed by atoms with Crippen molar-refractivity contribution in [3.63, 3.8) is 0 Å². The summed E-state index contributed by atoms with van der Waals surface area (Å²) in [5, 5.41) is 13.3. The Morgan fingerprint density at radius 3 is 2.84 bits per heavy atom. The predicted octanol–water partition coefficient (Wildman–Crippen LogP) is 3.11. The van der Waals surface area contributed by atoms with Crippen molar-refractivity contribution in [1.29, 1.82) is 0 Å². The van der Waals surface area contributed by atoms with Crippen molar-refractivity contribution >= 4 is 23.3 Å². The summed E-state index contributed by atoms with van der Waals surface area (Å²) in [6.45, 7) is 3.04. The molecule has 0 radical (unpaired) electrons. The molecule has 0 aliphatic carbocycles. The molecule has 0 aromatic heterocycles. The second-order valence-corrected chi connectivity index (χ2v) is 5.65. The number of carbonyl (C=O) groups is 1. The summed E-state index contributed by atoms with van der Waals surface area (Å²) < 4.78 is 0. The van der Waals surface area contributed by atoms with Crippen LogP contribution in [0.5, 0.6) is 0 Å². The number of carbonyl (C=O) groups excluding carboxylic acids is 1. The van der Waals surface area contributed by atoms with E-state index in [1.165, 1.54) is 0 Å². The normalized spacial score (nSPS) is 23.8. The van der Waals surface area contributed by atoms with Gasteiger partial charge in [0.2, 0.25) is 0 Å². The standard InChI is InChI=1S/C14H19ClN2O2/c1-14(19)7-4-9-17(10-8-14)13(18)16-12-6-3-2-5-11(12)15/h2-3,5-6,19H,4,7-10H2,1H3,(H,16,18). The van der Waals surface area contributed by atoms with Crippen LogP contribution in [0.3, 0.4) is 0 Å². The molecular weight excluding hydrogens is 264 g/mol. The van der Waals surface area contributed by atoms with E-state index in [2.05, 4.69) is 5.32 Å². The number of amides is 2. The smallest absolute Gasteiger partial charge is 0.321 e. The highest BCUT2D eigenvalue weighted by Gasteiger charge is 2.27. The zero-order valence-corrected chi connectivity index (χ0v) is 11.8. The number of anilines is 1. The molecule has 1 aromatic carbocycles. The zero-order valence-electron chi connectivity index (χ0n) is 11.0. The van der Waals surface area contributed by atoms with Crippen molar-refractivity contribution < 1.29 is 9.90 Å². The molecule has 1 heterocycles. The number of likely N-dealkylation sites (tertiary alicyclic amines) is 1. The van der Waals surface area contributed by atoms with Crippen LogP contribution in [0.25, 0.3) is 0 Å². The lowest BCUT2D eigenvalue weighted by Crippen LogP contribution is -2.36.